The van der Waals surface area contributed by atoms with Crippen LogP contribution < -0.4 is 16.1 Å². The topological polar surface area (TPSA) is 106 Å². The average Bonchev–Trinajstić information content (AvgIpc) is 3.50. The average molecular weight is 488 g/mol. The van der Waals surface area contributed by atoms with Crippen LogP contribution in [0.25, 0.3) is 11.0 Å². The number of primary amides is 1. The zero-order valence-electron chi connectivity index (χ0n) is 19.0. The number of rotatable bonds is 7. The van der Waals surface area contributed by atoms with Crippen molar-refractivity contribution in [3.63, 3.8) is 0 Å². The van der Waals surface area contributed by atoms with Crippen molar-refractivity contribution in [3.8, 4) is 0 Å². The summed E-state index contributed by atoms with van der Waals surface area (Å²) in [4.78, 5) is 29.8. The number of hydrogen-bond acceptors (Lipinski definition) is 5. The van der Waals surface area contributed by atoms with Gasteiger partial charge in [0.25, 0.3) is 5.91 Å². The van der Waals surface area contributed by atoms with E-state index in [4.69, 9.17) is 5.73 Å². The predicted octanol–water partition coefficient (Wildman–Crippen LogP) is 3.29. The van der Waals surface area contributed by atoms with Crippen LogP contribution in [0.2, 0.25) is 0 Å². The van der Waals surface area contributed by atoms with E-state index < -0.39 is 35.5 Å². The van der Waals surface area contributed by atoms with Crippen molar-refractivity contribution in [2.45, 2.75) is 25.0 Å². The number of nitrogens with one attached hydrogen (secondary N) is 1. The highest BCUT2D eigenvalue weighted by atomic mass is 19.1. The predicted molar refractivity (Wildman–Crippen MR) is 131 cm³/mol. The maximum absolute atomic E-state index is 13.6. The number of hydrazone groups is 1. The van der Waals surface area contributed by atoms with E-state index in [1.807, 2.05) is 28.8 Å². The van der Waals surface area contributed by atoms with Crippen molar-refractivity contribution < 1.29 is 18.4 Å². The molecule has 4 aromatic rings. The molecule has 36 heavy (non-hydrogen) atoms. The van der Waals surface area contributed by atoms with E-state index >= 15 is 0 Å². The molecule has 5 rings (SSSR count). The SMILES string of the molecule is NC(=O)C1CC(C(=O)NC(Cn2cnc3ccccc32)c2ccc(F)cc2)=NN1c1ccc(F)cc1. The van der Waals surface area contributed by atoms with Gasteiger partial charge >= 0.3 is 0 Å². The molecule has 0 aliphatic carbocycles. The summed E-state index contributed by atoms with van der Waals surface area (Å²) in [6.07, 6.45) is 1.67. The molecule has 1 aromatic heterocycles. The lowest BCUT2D eigenvalue weighted by Crippen LogP contribution is -2.40. The molecule has 0 radical (unpaired) electrons. The van der Waals surface area contributed by atoms with Crippen molar-refractivity contribution >= 4 is 34.2 Å². The lowest BCUT2D eigenvalue weighted by atomic mass is 10.0. The number of halogens is 2. The van der Waals surface area contributed by atoms with Gasteiger partial charge in [0.2, 0.25) is 5.91 Å². The smallest absolute Gasteiger partial charge is 0.268 e. The van der Waals surface area contributed by atoms with Gasteiger partial charge in [0.15, 0.2) is 0 Å². The summed E-state index contributed by atoms with van der Waals surface area (Å²) in [6, 6.07) is 17.4. The maximum atomic E-state index is 13.6. The van der Waals surface area contributed by atoms with E-state index in [1.54, 1.807) is 18.5 Å². The van der Waals surface area contributed by atoms with Crippen LogP contribution in [-0.4, -0.2) is 33.1 Å². The third-order valence-corrected chi connectivity index (χ3v) is 6.08. The molecule has 1 aliphatic heterocycles. The third kappa shape index (κ3) is 4.65. The Kier molecular flexibility index (Phi) is 6.16. The summed E-state index contributed by atoms with van der Waals surface area (Å²) in [5.41, 5.74) is 8.47. The Morgan fingerprint density at radius 1 is 1.00 bits per heavy atom. The molecule has 1 aliphatic rings. The fourth-order valence-corrected chi connectivity index (χ4v) is 4.22. The van der Waals surface area contributed by atoms with Gasteiger partial charge in [-0.25, -0.2) is 13.8 Å². The molecule has 2 heterocycles. The minimum Gasteiger partial charge on any atom is -0.368 e. The van der Waals surface area contributed by atoms with Gasteiger partial charge in [-0.3, -0.25) is 14.6 Å². The first-order chi connectivity index (χ1) is 17.4. The van der Waals surface area contributed by atoms with Gasteiger partial charge in [-0.2, -0.15) is 5.10 Å². The quantitative estimate of drug-likeness (QED) is 0.416. The Morgan fingerprint density at radius 3 is 2.36 bits per heavy atom. The van der Waals surface area contributed by atoms with E-state index in [0.29, 0.717) is 17.8 Å². The highest BCUT2D eigenvalue weighted by Crippen LogP contribution is 2.26. The number of carbonyl (C=O) groups is 2. The molecule has 3 aromatic carbocycles. The summed E-state index contributed by atoms with van der Waals surface area (Å²) >= 11 is 0. The van der Waals surface area contributed by atoms with Crippen LogP contribution in [0.15, 0.2) is 84.2 Å². The first-order valence-electron chi connectivity index (χ1n) is 11.3. The molecular formula is C26H22F2N6O2. The van der Waals surface area contributed by atoms with Crippen molar-refractivity contribution in [1.82, 2.24) is 14.9 Å². The Balaban J connectivity index is 1.43. The molecule has 0 spiro atoms. The molecule has 2 amide bonds. The number of nitrogens with two attached hydrogens (primary N) is 1. The van der Waals surface area contributed by atoms with Crippen LogP contribution in [-0.2, 0) is 16.1 Å². The summed E-state index contributed by atoms with van der Waals surface area (Å²) in [7, 11) is 0. The molecule has 2 unspecified atom stereocenters. The Morgan fingerprint density at radius 2 is 1.67 bits per heavy atom. The molecule has 3 N–H and O–H groups in total. The summed E-state index contributed by atoms with van der Waals surface area (Å²) in [5.74, 6) is -1.99. The maximum Gasteiger partial charge on any atom is 0.268 e. The van der Waals surface area contributed by atoms with E-state index in [9.17, 15) is 18.4 Å². The van der Waals surface area contributed by atoms with E-state index in [0.717, 1.165) is 11.0 Å². The monoisotopic (exact) mass is 488 g/mol. The number of imidazole rings is 1. The summed E-state index contributed by atoms with van der Waals surface area (Å²) in [5, 5.41) is 8.62. The van der Waals surface area contributed by atoms with Crippen LogP contribution in [0.1, 0.15) is 18.0 Å². The van der Waals surface area contributed by atoms with Crippen molar-refractivity contribution in [3.05, 3.63) is 96.3 Å². The van der Waals surface area contributed by atoms with Crippen LogP contribution in [0.5, 0.6) is 0 Å². The lowest BCUT2D eigenvalue weighted by molar-refractivity contribution is -0.119. The largest absolute Gasteiger partial charge is 0.368 e. The molecule has 0 saturated heterocycles. The minimum absolute atomic E-state index is 0.0112. The second kappa shape index (κ2) is 9.57. The van der Waals surface area contributed by atoms with Crippen molar-refractivity contribution in [2.24, 2.45) is 10.8 Å². The fourth-order valence-electron chi connectivity index (χ4n) is 4.22. The molecular weight excluding hydrogens is 466 g/mol. The van der Waals surface area contributed by atoms with E-state index in [1.165, 1.54) is 41.4 Å². The highest BCUT2D eigenvalue weighted by Gasteiger charge is 2.35. The zero-order valence-corrected chi connectivity index (χ0v) is 19.0. The van der Waals surface area contributed by atoms with Gasteiger partial charge in [-0.05, 0) is 54.1 Å². The van der Waals surface area contributed by atoms with E-state index in [-0.39, 0.29) is 12.1 Å². The van der Waals surface area contributed by atoms with Crippen molar-refractivity contribution in [2.75, 3.05) is 5.01 Å². The lowest BCUT2D eigenvalue weighted by Gasteiger charge is -2.20. The number of nitrogens with zero attached hydrogens (tertiary/aromatic N) is 4. The summed E-state index contributed by atoms with van der Waals surface area (Å²) < 4.78 is 28.9. The van der Waals surface area contributed by atoms with Gasteiger partial charge in [0.05, 0.1) is 29.1 Å². The van der Waals surface area contributed by atoms with Crippen LogP contribution in [0.3, 0.4) is 0 Å². The molecule has 182 valence electrons. The number of carbonyl (C=O) groups excluding carboxylic acids is 2. The fraction of sp³-hybridized carbons (Fsp3) is 0.154. The molecule has 0 fully saturated rings. The second-order valence-electron chi connectivity index (χ2n) is 8.45. The second-order valence-corrected chi connectivity index (χ2v) is 8.45. The van der Waals surface area contributed by atoms with Gasteiger partial charge < -0.3 is 15.6 Å². The van der Waals surface area contributed by atoms with Gasteiger partial charge in [0.1, 0.15) is 23.4 Å². The third-order valence-electron chi connectivity index (χ3n) is 6.08. The van der Waals surface area contributed by atoms with Crippen LogP contribution >= 0.6 is 0 Å². The molecule has 8 nitrogen and oxygen atoms in total. The highest BCUT2D eigenvalue weighted by molar-refractivity contribution is 6.40. The molecule has 10 heteroatoms. The molecule has 0 saturated carbocycles. The van der Waals surface area contributed by atoms with Crippen LogP contribution in [0.4, 0.5) is 14.5 Å². The zero-order chi connectivity index (χ0) is 25.2. The number of fused-ring (bicyclic) bond motifs is 1. The van der Waals surface area contributed by atoms with Crippen molar-refractivity contribution in [1.29, 1.82) is 0 Å². The number of amides is 2. The Labute approximate surface area is 205 Å². The van der Waals surface area contributed by atoms with Crippen LogP contribution in [0, 0.1) is 11.6 Å². The van der Waals surface area contributed by atoms with Gasteiger partial charge in [-0.15, -0.1) is 0 Å². The molecule has 2 atom stereocenters. The number of anilines is 1. The first-order valence-corrected chi connectivity index (χ1v) is 11.3. The number of aromatic nitrogens is 2. The molecule has 0 bridgehead atoms. The summed E-state index contributed by atoms with van der Waals surface area (Å²) in [6.45, 7) is 0.325. The standard InChI is InChI=1S/C26H22F2N6O2/c27-17-7-5-16(6-8-17)22(14-33-15-30-20-3-1-2-4-23(20)33)31-26(36)21-13-24(25(29)35)34(32-21)19-11-9-18(28)10-12-19/h1-12,15,22,24H,13-14H2,(H2,29,35)(H,31,36). The number of para-hydroxylation sites is 2. The number of benzene rings is 3. The number of hydrogen-bond donors (Lipinski definition) is 2. The normalized spacial score (nSPS) is 16.1. The van der Waals surface area contributed by atoms with Gasteiger partial charge in [-0.1, -0.05) is 24.3 Å². The first kappa shape index (κ1) is 23.2. The Bertz CT molecular complexity index is 1450. The minimum atomic E-state index is -0.891. The Hall–Kier alpha value is -4.60. The van der Waals surface area contributed by atoms with E-state index in [2.05, 4.69) is 15.4 Å². The van der Waals surface area contributed by atoms with Gasteiger partial charge in [0, 0.05) is 13.0 Å².